The van der Waals surface area contributed by atoms with Crippen molar-refractivity contribution in [1.82, 2.24) is 4.90 Å². The number of benzene rings is 1. The van der Waals surface area contributed by atoms with E-state index in [1.165, 1.54) is 19.1 Å². The number of nitrogens with zero attached hydrogens (tertiary/aromatic N) is 2. The maximum Gasteiger partial charge on any atom is 0.418 e. The zero-order valence-corrected chi connectivity index (χ0v) is 24.5. The van der Waals surface area contributed by atoms with Crippen LogP contribution in [0.15, 0.2) is 23.2 Å². The highest BCUT2D eigenvalue weighted by Crippen LogP contribution is 2.34. The van der Waals surface area contributed by atoms with E-state index in [4.69, 9.17) is 9.47 Å². The molecule has 0 spiro atoms. The van der Waals surface area contributed by atoms with Gasteiger partial charge in [-0.3, -0.25) is 0 Å². The van der Waals surface area contributed by atoms with Gasteiger partial charge in [0, 0.05) is 20.2 Å². The van der Waals surface area contributed by atoms with E-state index in [-0.39, 0.29) is 17.5 Å². The van der Waals surface area contributed by atoms with Crippen molar-refractivity contribution < 1.29 is 32.2 Å². The zero-order chi connectivity index (χ0) is 27.9. The first-order valence-electron chi connectivity index (χ1n) is 11.7. The second-order valence-electron chi connectivity index (χ2n) is 11.5. The van der Waals surface area contributed by atoms with Gasteiger partial charge < -0.3 is 14.3 Å². The molecule has 1 aromatic rings. The van der Waals surface area contributed by atoms with Crippen LogP contribution >= 0.6 is 11.8 Å². The normalized spacial score (nSPS) is 14.8. The Morgan fingerprint density at radius 2 is 1.75 bits per heavy atom. The number of rotatable bonds is 10. The first kappa shape index (κ1) is 32.2. The molecule has 1 atom stereocenters. The lowest BCUT2D eigenvalue weighted by Gasteiger charge is -2.32. The van der Waals surface area contributed by atoms with Crippen molar-refractivity contribution in [3.05, 3.63) is 35.4 Å². The Morgan fingerprint density at radius 3 is 2.25 bits per heavy atom. The average Bonchev–Trinajstić information content (AvgIpc) is 2.72. The molecule has 6 nitrogen and oxygen atoms in total. The molecular weight excluding hydrogens is 509 g/mol. The maximum absolute atomic E-state index is 14.7. The van der Waals surface area contributed by atoms with Crippen LogP contribution in [0, 0.1) is 11.6 Å². The Bertz CT molecular complexity index is 948. The fourth-order valence-corrected chi connectivity index (χ4v) is 4.49. The Balaban J connectivity index is 3.62. The van der Waals surface area contributed by atoms with Crippen LogP contribution in [0.3, 0.4) is 0 Å². The van der Waals surface area contributed by atoms with E-state index in [0.717, 1.165) is 28.8 Å². The Labute approximate surface area is 218 Å². The number of hydrogen-bond acceptors (Lipinski definition) is 6. The van der Waals surface area contributed by atoms with Crippen molar-refractivity contribution in [2.24, 2.45) is 4.99 Å². The van der Waals surface area contributed by atoms with Crippen molar-refractivity contribution in [3.8, 4) is 0 Å². The van der Waals surface area contributed by atoms with Gasteiger partial charge in [-0.05, 0) is 53.7 Å². The summed E-state index contributed by atoms with van der Waals surface area (Å²) >= 11 is 0.873. The van der Waals surface area contributed by atoms with Gasteiger partial charge in [-0.2, -0.15) is 0 Å². The molecule has 0 aromatic heterocycles. The van der Waals surface area contributed by atoms with Crippen LogP contribution in [0.1, 0.15) is 47.1 Å². The zero-order valence-electron chi connectivity index (χ0n) is 22.7. The summed E-state index contributed by atoms with van der Waals surface area (Å²) < 4.78 is 53.3. The first-order valence-corrected chi connectivity index (χ1v) is 16.2. The quantitative estimate of drug-likeness (QED) is 0.0806. The highest BCUT2D eigenvalue weighted by atomic mass is 32.2. The van der Waals surface area contributed by atoms with Gasteiger partial charge in [0.25, 0.3) is 0 Å². The van der Waals surface area contributed by atoms with Crippen molar-refractivity contribution in [1.29, 1.82) is 0 Å². The number of carbonyl (C=O) groups is 2. The molecule has 0 aliphatic carbocycles. The number of aliphatic imine (C=N–C) groups is 1. The summed E-state index contributed by atoms with van der Waals surface area (Å²) in [5, 5.41) is -0.113. The topological polar surface area (TPSA) is 68.2 Å². The molecule has 1 amide bonds. The second-order valence-corrected chi connectivity index (χ2v) is 18.7. The van der Waals surface area contributed by atoms with E-state index in [1.54, 1.807) is 34.6 Å². The first-order chi connectivity index (χ1) is 16.3. The van der Waals surface area contributed by atoms with E-state index in [1.807, 2.05) is 0 Å². The predicted octanol–water partition coefficient (Wildman–Crippen LogP) is 6.77. The van der Waals surface area contributed by atoms with Gasteiger partial charge in [-0.25, -0.2) is 27.9 Å². The van der Waals surface area contributed by atoms with Crippen LogP contribution in [-0.4, -0.2) is 60.9 Å². The summed E-state index contributed by atoms with van der Waals surface area (Å²) in [6.45, 7) is 14.9. The van der Waals surface area contributed by atoms with Crippen LogP contribution < -0.4 is 0 Å². The van der Waals surface area contributed by atoms with Gasteiger partial charge in [0.1, 0.15) is 30.8 Å². The molecule has 11 heteroatoms. The van der Waals surface area contributed by atoms with Gasteiger partial charge >= 0.3 is 6.09 Å². The molecule has 204 valence electrons. The number of alkyl halides is 1. The number of amidine groups is 1. The van der Waals surface area contributed by atoms with Crippen LogP contribution in [0.2, 0.25) is 25.7 Å². The number of halogens is 3. The van der Waals surface area contributed by atoms with Crippen LogP contribution in [-0.2, 0) is 19.8 Å². The summed E-state index contributed by atoms with van der Waals surface area (Å²) in [6.07, 6.45) is -0.174. The maximum atomic E-state index is 14.7. The van der Waals surface area contributed by atoms with Crippen LogP contribution in [0.4, 0.5) is 18.0 Å². The standard InChI is InChI=1S/C25H39F3N2O4SSi/c1-23(2,3)34-22(32)30(17-33-13-14-36(7,8)9)21(35-24(4,5)16-31)29-25(6,15-26)18-11-10-12-19(27)20(18)28/h10-12,16H,13-15,17H2,1-9H3/t25-/m1/s1. The van der Waals surface area contributed by atoms with Crippen LogP contribution in [0.5, 0.6) is 0 Å². The highest BCUT2D eigenvalue weighted by molar-refractivity contribution is 8.15. The summed E-state index contributed by atoms with van der Waals surface area (Å²) in [5.74, 6) is -2.39. The van der Waals surface area contributed by atoms with E-state index in [9.17, 15) is 22.8 Å². The number of ether oxygens (including phenoxy) is 2. The van der Waals surface area contributed by atoms with Crippen molar-refractivity contribution in [2.45, 2.75) is 83.1 Å². The molecule has 0 saturated carbocycles. The van der Waals surface area contributed by atoms with E-state index < -0.39 is 48.4 Å². The molecule has 1 rings (SSSR count). The van der Waals surface area contributed by atoms with Gasteiger partial charge in [0.05, 0.1) is 4.75 Å². The van der Waals surface area contributed by atoms with Crippen molar-refractivity contribution >= 4 is 37.4 Å². The number of amides is 1. The molecule has 0 aliphatic rings. The predicted molar refractivity (Wildman–Crippen MR) is 142 cm³/mol. The fraction of sp³-hybridized carbons (Fsp3) is 0.640. The molecule has 0 unspecified atom stereocenters. The minimum atomic E-state index is -1.90. The summed E-state index contributed by atoms with van der Waals surface area (Å²) in [7, 11) is -1.43. The van der Waals surface area contributed by atoms with Gasteiger partial charge in [0.15, 0.2) is 16.8 Å². The average molecular weight is 549 g/mol. The van der Waals surface area contributed by atoms with E-state index in [2.05, 4.69) is 24.6 Å². The molecular formula is C25H39F3N2O4SSi. The summed E-state index contributed by atoms with van der Waals surface area (Å²) in [6, 6.07) is 4.23. The lowest BCUT2D eigenvalue weighted by Crippen LogP contribution is -2.44. The van der Waals surface area contributed by atoms with Crippen LogP contribution in [0.25, 0.3) is 0 Å². The van der Waals surface area contributed by atoms with Gasteiger partial charge in [-0.15, -0.1) is 0 Å². The number of hydrogen-bond donors (Lipinski definition) is 0. The molecule has 0 N–H and O–H groups in total. The Hall–Kier alpha value is -1.85. The van der Waals surface area contributed by atoms with Gasteiger partial charge in [0.2, 0.25) is 0 Å². The minimum absolute atomic E-state index is 0.113. The third-order valence-electron chi connectivity index (χ3n) is 4.83. The lowest BCUT2D eigenvalue weighted by atomic mass is 9.93. The Kier molecular flexibility index (Phi) is 11.3. The third kappa shape index (κ3) is 10.3. The molecule has 1 aromatic carbocycles. The largest absolute Gasteiger partial charge is 0.443 e. The van der Waals surface area contributed by atoms with E-state index >= 15 is 0 Å². The molecule has 0 radical (unpaired) electrons. The lowest BCUT2D eigenvalue weighted by molar-refractivity contribution is -0.109. The number of thioether (sulfide) groups is 1. The van der Waals surface area contributed by atoms with Crippen molar-refractivity contribution in [2.75, 3.05) is 20.0 Å². The second kappa shape index (κ2) is 12.6. The minimum Gasteiger partial charge on any atom is -0.443 e. The smallest absolute Gasteiger partial charge is 0.418 e. The number of aldehydes is 1. The molecule has 0 fully saturated rings. The third-order valence-corrected chi connectivity index (χ3v) is 7.65. The molecule has 0 saturated heterocycles. The molecule has 0 heterocycles. The highest BCUT2D eigenvalue weighted by Gasteiger charge is 2.37. The van der Waals surface area contributed by atoms with Gasteiger partial charge in [-0.1, -0.05) is 43.5 Å². The van der Waals surface area contributed by atoms with Crippen molar-refractivity contribution in [3.63, 3.8) is 0 Å². The fourth-order valence-electron chi connectivity index (χ4n) is 2.73. The molecule has 0 bridgehead atoms. The monoisotopic (exact) mass is 548 g/mol. The van der Waals surface area contributed by atoms with E-state index in [0.29, 0.717) is 12.9 Å². The summed E-state index contributed by atoms with van der Waals surface area (Å²) in [5.41, 5.74) is -3.09. The Morgan fingerprint density at radius 1 is 1.14 bits per heavy atom. The summed E-state index contributed by atoms with van der Waals surface area (Å²) in [4.78, 5) is 30.4. The molecule has 0 aliphatic heterocycles. The SMILES string of the molecule is CC(C)(C)OC(=O)N(COCC[Si](C)(C)C)C(=N[C@](C)(CF)c1cccc(F)c1F)SC(C)(C)C=O. The number of carbonyl (C=O) groups excluding carboxylic acids is 2. The molecule has 36 heavy (non-hydrogen) atoms.